The average Bonchev–Trinajstić information content (AvgIpc) is 2.94. The Morgan fingerprint density at radius 1 is 0.977 bits per heavy atom. The molecule has 0 fully saturated rings. The van der Waals surface area contributed by atoms with E-state index in [9.17, 15) is 24.0 Å². The lowest BCUT2D eigenvalue weighted by atomic mass is 9.82. The van der Waals surface area contributed by atoms with E-state index < -0.39 is 40.9 Å². The molecule has 5 N–H and O–H groups in total. The number of ketones is 2. The molecular weight excluding hydrogens is 566 g/mol. The smallest absolute Gasteiger partial charge is 0.328 e. The van der Waals surface area contributed by atoms with Gasteiger partial charge in [-0.25, -0.2) is 10.6 Å². The topological polar surface area (TPSA) is 183 Å². The lowest BCUT2D eigenvalue weighted by molar-refractivity contribution is -0.147. The summed E-state index contributed by atoms with van der Waals surface area (Å²) in [5, 5.41) is 3.80. The number of carbonyl (C=O) groups excluding carboxylic acids is 5. The van der Waals surface area contributed by atoms with Gasteiger partial charge in [-0.2, -0.15) is 0 Å². The third-order valence-corrected chi connectivity index (χ3v) is 6.95. The lowest BCUT2D eigenvalue weighted by Gasteiger charge is -2.38. The number of rotatable bonds is 13. The molecule has 1 aromatic carbocycles. The van der Waals surface area contributed by atoms with Crippen molar-refractivity contribution in [1.82, 2.24) is 10.3 Å². The number of allylic oxidation sites excluding steroid dienone is 1. The number of amides is 1. The van der Waals surface area contributed by atoms with Crippen molar-refractivity contribution in [2.75, 3.05) is 19.8 Å². The Morgan fingerprint density at radius 3 is 2.14 bits per heavy atom. The van der Waals surface area contributed by atoms with E-state index >= 15 is 0 Å². The first kappa shape index (κ1) is 36.3. The Bertz CT molecular complexity index is 1320. The number of hydrazine groups is 1. The molecule has 2 atom stereocenters. The van der Waals surface area contributed by atoms with Gasteiger partial charge in [-0.3, -0.25) is 29.2 Å². The van der Waals surface area contributed by atoms with Gasteiger partial charge in [0.2, 0.25) is 0 Å². The molecule has 0 aliphatic carbocycles. The highest BCUT2D eigenvalue weighted by Crippen LogP contribution is 2.32. The Kier molecular flexibility index (Phi) is 12.5. The van der Waals surface area contributed by atoms with Crippen LogP contribution < -0.4 is 16.9 Å². The zero-order valence-electron chi connectivity index (χ0n) is 27.1. The summed E-state index contributed by atoms with van der Waals surface area (Å²) in [5.74, 6) is 4.14. The first-order valence-corrected chi connectivity index (χ1v) is 14.8. The molecule has 0 bridgehead atoms. The molecule has 0 radical (unpaired) electrons. The summed E-state index contributed by atoms with van der Waals surface area (Å²) in [5.41, 5.74) is 6.01. The van der Waals surface area contributed by atoms with Gasteiger partial charge in [0, 0.05) is 41.4 Å². The fraction of sp³-hybridized carbons (Fsp3) is 0.562. The van der Waals surface area contributed by atoms with Gasteiger partial charge < -0.3 is 20.5 Å². The monoisotopic (exact) mass is 613 g/mol. The normalized spacial score (nSPS) is 16.2. The van der Waals surface area contributed by atoms with Crippen LogP contribution in [0, 0.1) is 10.8 Å². The molecule has 0 saturated heterocycles. The zero-order chi connectivity index (χ0) is 33.4. The predicted octanol–water partition coefficient (Wildman–Crippen LogP) is 2.63. The number of nitrogens with one attached hydrogen (secondary N) is 1. The van der Waals surface area contributed by atoms with Crippen LogP contribution in [0.1, 0.15) is 84.2 Å². The highest BCUT2D eigenvalue weighted by Gasteiger charge is 2.42. The van der Waals surface area contributed by atoms with Crippen molar-refractivity contribution >= 4 is 35.1 Å². The number of hydrogen-bond donors (Lipinski definition) is 3. The van der Waals surface area contributed by atoms with Crippen LogP contribution >= 0.6 is 0 Å². The van der Waals surface area contributed by atoms with E-state index in [0.717, 1.165) is 5.01 Å². The van der Waals surface area contributed by atoms with E-state index in [-0.39, 0.29) is 61.8 Å². The molecule has 1 unspecified atom stereocenters. The Morgan fingerprint density at radius 2 is 1.59 bits per heavy atom. The second kappa shape index (κ2) is 15.2. The number of hydrogen-bond acceptors (Lipinski definition) is 11. The molecule has 242 valence electrons. The first-order chi connectivity index (χ1) is 20.5. The number of ether oxygens (including phenoxy) is 2. The molecule has 1 aliphatic heterocycles. The fourth-order valence-electron chi connectivity index (χ4n) is 4.56. The summed E-state index contributed by atoms with van der Waals surface area (Å²) in [6.07, 6.45) is -1.23. The highest BCUT2D eigenvalue weighted by atomic mass is 16.5. The van der Waals surface area contributed by atoms with Crippen molar-refractivity contribution in [2.45, 2.75) is 86.9 Å². The molecule has 12 heteroatoms. The molecule has 1 amide bonds. The van der Waals surface area contributed by atoms with Crippen molar-refractivity contribution in [3.8, 4) is 0 Å². The largest absolute Gasteiger partial charge is 0.466 e. The molecular formula is C32H47N5O7. The minimum Gasteiger partial charge on any atom is -0.466 e. The van der Waals surface area contributed by atoms with Gasteiger partial charge in [0.25, 0.3) is 5.91 Å². The van der Waals surface area contributed by atoms with E-state index in [1.54, 1.807) is 79.7 Å². The molecule has 1 heterocycles. The summed E-state index contributed by atoms with van der Waals surface area (Å²) in [6.45, 7) is 14.0. The molecule has 0 aromatic heterocycles. The van der Waals surface area contributed by atoms with E-state index in [4.69, 9.17) is 21.1 Å². The average molecular weight is 614 g/mol. The quantitative estimate of drug-likeness (QED) is 0.221. The summed E-state index contributed by atoms with van der Waals surface area (Å²) in [6, 6.07) is 5.59. The second-order valence-corrected chi connectivity index (χ2v) is 12.5. The molecule has 12 nitrogen and oxygen atoms in total. The minimum absolute atomic E-state index is 0.0176. The number of aliphatic imine (C=N–C) groups is 1. The number of benzene rings is 1. The van der Waals surface area contributed by atoms with E-state index in [2.05, 4.69) is 10.3 Å². The zero-order valence-corrected chi connectivity index (χ0v) is 27.1. The molecule has 0 saturated carbocycles. The van der Waals surface area contributed by atoms with Gasteiger partial charge in [0.1, 0.15) is 11.7 Å². The summed E-state index contributed by atoms with van der Waals surface area (Å²) in [7, 11) is 0. The number of nitrogens with zero attached hydrogens (tertiary/aromatic N) is 2. The third-order valence-electron chi connectivity index (χ3n) is 6.95. The number of nitrogens with two attached hydrogens (primary N) is 2. The van der Waals surface area contributed by atoms with E-state index in [1.807, 2.05) is 0 Å². The lowest BCUT2D eigenvalue weighted by Crippen LogP contribution is -2.54. The Labute approximate surface area is 259 Å². The van der Waals surface area contributed by atoms with Gasteiger partial charge in [-0.1, -0.05) is 59.7 Å². The van der Waals surface area contributed by atoms with Crippen LogP contribution in [0.25, 0.3) is 0 Å². The molecule has 1 aliphatic rings. The van der Waals surface area contributed by atoms with Crippen LogP contribution in [-0.4, -0.2) is 72.1 Å². The number of esters is 2. The fourth-order valence-corrected chi connectivity index (χ4v) is 4.56. The van der Waals surface area contributed by atoms with Gasteiger partial charge in [0.15, 0.2) is 17.7 Å². The Balaban J connectivity index is 2.57. The van der Waals surface area contributed by atoms with Gasteiger partial charge in [0.05, 0.1) is 18.9 Å². The molecule has 44 heavy (non-hydrogen) atoms. The van der Waals surface area contributed by atoms with Crippen LogP contribution in [0.4, 0.5) is 0 Å². The summed E-state index contributed by atoms with van der Waals surface area (Å²) >= 11 is 0. The molecule has 2 rings (SSSR count). The Hall–Kier alpha value is -3.90. The van der Waals surface area contributed by atoms with Gasteiger partial charge in [-0.05, 0) is 31.9 Å². The van der Waals surface area contributed by atoms with Crippen LogP contribution in [0.15, 0.2) is 40.5 Å². The summed E-state index contributed by atoms with van der Waals surface area (Å²) in [4.78, 5) is 69.9. The first-order valence-electron chi connectivity index (χ1n) is 14.8. The van der Waals surface area contributed by atoms with Gasteiger partial charge in [-0.15, -0.1) is 0 Å². The van der Waals surface area contributed by atoms with Crippen LogP contribution in [-0.2, 0) is 35.1 Å². The van der Waals surface area contributed by atoms with Crippen LogP contribution in [0.3, 0.4) is 0 Å². The maximum absolute atomic E-state index is 13.8. The third kappa shape index (κ3) is 9.06. The minimum atomic E-state index is -1.15. The second-order valence-electron chi connectivity index (χ2n) is 12.5. The van der Waals surface area contributed by atoms with Crippen molar-refractivity contribution in [3.05, 3.63) is 46.7 Å². The van der Waals surface area contributed by atoms with Crippen LogP contribution in [0.2, 0.25) is 0 Å². The van der Waals surface area contributed by atoms with Crippen molar-refractivity contribution in [3.63, 3.8) is 0 Å². The highest BCUT2D eigenvalue weighted by molar-refractivity contribution is 6.13. The standard InChI is InChI=1S/C32H47N5O7/c1-9-43-24(38)16-15-22(30(42)44-10-2)36-29(41)20-14-12-11-13-19(20)17-21-23(18-33)35-28(27(40)32(6,7)8)37(34)25(21)26(39)31(3,4)5/h11-14,22,28H,9-10,15-18,33-34H2,1-8H3,(H,36,41)/t22-,28?/m0/s1. The van der Waals surface area contributed by atoms with Crippen LogP contribution in [0.5, 0.6) is 0 Å². The van der Waals surface area contributed by atoms with E-state index in [0.29, 0.717) is 16.8 Å². The summed E-state index contributed by atoms with van der Waals surface area (Å²) < 4.78 is 10.1. The maximum atomic E-state index is 13.8. The van der Waals surface area contributed by atoms with Crippen molar-refractivity contribution in [2.24, 2.45) is 27.4 Å². The maximum Gasteiger partial charge on any atom is 0.328 e. The van der Waals surface area contributed by atoms with Gasteiger partial charge >= 0.3 is 11.9 Å². The number of carbonyl (C=O) groups is 5. The predicted molar refractivity (Wildman–Crippen MR) is 166 cm³/mol. The molecule has 1 aromatic rings. The van der Waals surface area contributed by atoms with E-state index in [1.165, 1.54) is 0 Å². The van der Waals surface area contributed by atoms with Crippen molar-refractivity contribution in [1.29, 1.82) is 0 Å². The molecule has 0 spiro atoms. The van der Waals surface area contributed by atoms with Crippen molar-refractivity contribution < 1.29 is 33.4 Å². The number of Topliss-reactive ketones (excluding diaryl/α,β-unsaturated/α-hetero) is 2. The SMILES string of the molecule is CCOC(=O)CC[C@H](NC(=O)c1ccccc1CC1=C(C(=O)C(C)(C)C)N(N)C(C(=O)C(C)(C)C)N=C1CN)C(=O)OCC.